The number of hydrogen-bond acceptors (Lipinski definition) is 4. The largest absolute Gasteiger partial charge is 0.392 e. The molecule has 0 unspecified atom stereocenters. The van der Waals surface area contributed by atoms with Crippen LogP contribution < -0.4 is 4.90 Å². The molecule has 0 radical (unpaired) electrons. The predicted molar refractivity (Wildman–Crippen MR) is 92.0 cm³/mol. The van der Waals surface area contributed by atoms with Gasteiger partial charge in [0.25, 0.3) is 0 Å². The van der Waals surface area contributed by atoms with Gasteiger partial charge in [-0.25, -0.2) is 4.98 Å². The van der Waals surface area contributed by atoms with Gasteiger partial charge in [-0.15, -0.1) is 11.3 Å². The lowest BCUT2D eigenvalue weighted by molar-refractivity contribution is 0.282. The van der Waals surface area contributed by atoms with Crippen LogP contribution in [0.3, 0.4) is 0 Å². The standard InChI is InChI=1S/C18H18N2OS/c1-20(11-14-7-9-15(12-21)10-8-14)18-19-17(13-22-18)16-5-3-2-4-6-16/h2-10,13,21H,11-12H2,1H3. The monoisotopic (exact) mass is 310 g/mol. The minimum atomic E-state index is 0.0863. The Labute approximate surface area is 134 Å². The van der Waals surface area contributed by atoms with Crippen LogP contribution in [0, 0.1) is 0 Å². The SMILES string of the molecule is CN(Cc1ccc(CO)cc1)c1nc(-c2ccccc2)cs1. The van der Waals surface area contributed by atoms with Crippen molar-refractivity contribution in [1.82, 2.24) is 4.98 Å². The van der Waals surface area contributed by atoms with E-state index in [1.807, 2.05) is 49.5 Å². The summed E-state index contributed by atoms with van der Waals surface area (Å²) in [5.41, 5.74) is 4.30. The molecule has 1 N–H and O–H groups in total. The Morgan fingerprint density at radius 2 is 1.68 bits per heavy atom. The molecule has 0 aliphatic heterocycles. The molecular weight excluding hydrogens is 292 g/mol. The average Bonchev–Trinajstić information content (AvgIpc) is 3.06. The van der Waals surface area contributed by atoms with Gasteiger partial charge < -0.3 is 10.0 Å². The number of hydrogen-bond donors (Lipinski definition) is 1. The van der Waals surface area contributed by atoms with Gasteiger partial charge in [0.2, 0.25) is 0 Å². The van der Waals surface area contributed by atoms with Crippen molar-refractivity contribution in [2.75, 3.05) is 11.9 Å². The van der Waals surface area contributed by atoms with Crippen LogP contribution in [0.5, 0.6) is 0 Å². The Hall–Kier alpha value is -2.17. The second-order valence-corrected chi connectivity index (χ2v) is 6.05. The van der Waals surface area contributed by atoms with Crippen molar-refractivity contribution < 1.29 is 5.11 Å². The van der Waals surface area contributed by atoms with E-state index in [0.29, 0.717) is 0 Å². The van der Waals surface area contributed by atoms with Gasteiger partial charge in [0, 0.05) is 24.5 Å². The Kier molecular flexibility index (Phi) is 4.51. The molecule has 1 heterocycles. The van der Waals surface area contributed by atoms with E-state index in [1.165, 1.54) is 5.56 Å². The fourth-order valence-electron chi connectivity index (χ4n) is 2.27. The Morgan fingerprint density at radius 1 is 1.00 bits per heavy atom. The summed E-state index contributed by atoms with van der Waals surface area (Å²) in [4.78, 5) is 6.86. The summed E-state index contributed by atoms with van der Waals surface area (Å²) in [6.45, 7) is 0.885. The Morgan fingerprint density at radius 3 is 2.36 bits per heavy atom. The summed E-state index contributed by atoms with van der Waals surface area (Å²) < 4.78 is 0. The molecule has 112 valence electrons. The summed E-state index contributed by atoms with van der Waals surface area (Å²) in [7, 11) is 2.05. The number of aliphatic hydroxyl groups is 1. The van der Waals surface area contributed by atoms with Gasteiger partial charge in [0.05, 0.1) is 12.3 Å². The van der Waals surface area contributed by atoms with E-state index in [9.17, 15) is 0 Å². The molecule has 1 aromatic heterocycles. The zero-order valence-electron chi connectivity index (χ0n) is 12.4. The highest BCUT2D eigenvalue weighted by atomic mass is 32.1. The molecule has 0 amide bonds. The van der Waals surface area contributed by atoms with Crippen LogP contribution in [0.2, 0.25) is 0 Å². The number of anilines is 1. The van der Waals surface area contributed by atoms with Gasteiger partial charge in [-0.3, -0.25) is 0 Å². The van der Waals surface area contributed by atoms with Gasteiger partial charge in [0.15, 0.2) is 5.13 Å². The van der Waals surface area contributed by atoms with Gasteiger partial charge in [-0.2, -0.15) is 0 Å². The summed E-state index contributed by atoms with van der Waals surface area (Å²) in [6, 6.07) is 18.2. The molecule has 0 saturated carbocycles. The highest BCUT2D eigenvalue weighted by molar-refractivity contribution is 7.14. The first-order valence-electron chi connectivity index (χ1n) is 7.17. The molecular formula is C18H18N2OS. The third-order valence-electron chi connectivity index (χ3n) is 3.51. The van der Waals surface area contributed by atoms with Crippen molar-refractivity contribution in [3.8, 4) is 11.3 Å². The normalized spacial score (nSPS) is 10.6. The smallest absolute Gasteiger partial charge is 0.185 e. The maximum Gasteiger partial charge on any atom is 0.185 e. The van der Waals surface area contributed by atoms with E-state index >= 15 is 0 Å². The summed E-state index contributed by atoms with van der Waals surface area (Å²) in [5.74, 6) is 0. The van der Waals surface area contributed by atoms with Crippen molar-refractivity contribution in [3.05, 3.63) is 71.1 Å². The van der Waals surface area contributed by atoms with Crippen LogP contribution in [-0.4, -0.2) is 17.1 Å². The molecule has 0 aliphatic carbocycles. The number of aliphatic hydroxyl groups excluding tert-OH is 1. The minimum absolute atomic E-state index is 0.0863. The molecule has 4 heteroatoms. The topological polar surface area (TPSA) is 36.4 Å². The predicted octanol–water partition coefficient (Wildman–Crippen LogP) is 3.94. The molecule has 3 aromatic rings. The number of benzene rings is 2. The number of nitrogens with zero attached hydrogens (tertiary/aromatic N) is 2. The minimum Gasteiger partial charge on any atom is -0.392 e. The first-order chi connectivity index (χ1) is 10.8. The molecule has 22 heavy (non-hydrogen) atoms. The van der Waals surface area contributed by atoms with Crippen molar-refractivity contribution in [2.24, 2.45) is 0 Å². The Balaban J connectivity index is 1.72. The first-order valence-corrected chi connectivity index (χ1v) is 8.05. The van der Waals surface area contributed by atoms with E-state index < -0.39 is 0 Å². The van der Waals surface area contributed by atoms with Crippen molar-refractivity contribution >= 4 is 16.5 Å². The van der Waals surface area contributed by atoms with E-state index in [-0.39, 0.29) is 6.61 Å². The number of rotatable bonds is 5. The average molecular weight is 310 g/mol. The van der Waals surface area contributed by atoms with Crippen LogP contribution >= 0.6 is 11.3 Å². The zero-order valence-corrected chi connectivity index (χ0v) is 13.3. The maximum atomic E-state index is 9.08. The second kappa shape index (κ2) is 6.73. The fraction of sp³-hybridized carbons (Fsp3) is 0.167. The molecule has 0 saturated heterocycles. The van der Waals surface area contributed by atoms with Crippen molar-refractivity contribution in [1.29, 1.82) is 0 Å². The lowest BCUT2D eigenvalue weighted by Gasteiger charge is -2.15. The Bertz CT molecular complexity index is 722. The van der Waals surface area contributed by atoms with E-state index in [4.69, 9.17) is 10.1 Å². The number of aromatic nitrogens is 1. The highest BCUT2D eigenvalue weighted by Crippen LogP contribution is 2.27. The van der Waals surface area contributed by atoms with E-state index in [1.54, 1.807) is 11.3 Å². The molecule has 0 fully saturated rings. The van der Waals surface area contributed by atoms with Crippen molar-refractivity contribution in [2.45, 2.75) is 13.2 Å². The number of thiazole rings is 1. The van der Waals surface area contributed by atoms with E-state index in [0.717, 1.165) is 28.5 Å². The lowest BCUT2D eigenvalue weighted by atomic mass is 10.1. The summed E-state index contributed by atoms with van der Waals surface area (Å²) in [5, 5.41) is 12.2. The lowest BCUT2D eigenvalue weighted by Crippen LogP contribution is -2.16. The fourth-order valence-corrected chi connectivity index (χ4v) is 3.07. The molecule has 2 aromatic carbocycles. The van der Waals surface area contributed by atoms with Crippen LogP contribution in [0.4, 0.5) is 5.13 Å². The van der Waals surface area contributed by atoms with E-state index in [2.05, 4.69) is 22.4 Å². The van der Waals surface area contributed by atoms with Crippen LogP contribution in [0.1, 0.15) is 11.1 Å². The van der Waals surface area contributed by atoms with Gasteiger partial charge in [0.1, 0.15) is 0 Å². The summed E-state index contributed by atoms with van der Waals surface area (Å²) in [6.07, 6.45) is 0. The van der Waals surface area contributed by atoms with Gasteiger partial charge >= 0.3 is 0 Å². The quantitative estimate of drug-likeness (QED) is 0.775. The maximum absolute atomic E-state index is 9.08. The highest BCUT2D eigenvalue weighted by Gasteiger charge is 2.09. The molecule has 3 rings (SSSR count). The molecule has 0 aliphatic rings. The zero-order chi connectivity index (χ0) is 15.4. The molecule has 3 nitrogen and oxygen atoms in total. The second-order valence-electron chi connectivity index (χ2n) is 5.21. The first kappa shape index (κ1) is 14.8. The van der Waals surface area contributed by atoms with Crippen LogP contribution in [0.25, 0.3) is 11.3 Å². The third-order valence-corrected chi connectivity index (χ3v) is 4.47. The van der Waals surface area contributed by atoms with Crippen molar-refractivity contribution in [3.63, 3.8) is 0 Å². The third kappa shape index (κ3) is 3.35. The van der Waals surface area contributed by atoms with Crippen LogP contribution in [-0.2, 0) is 13.2 Å². The summed E-state index contributed by atoms with van der Waals surface area (Å²) >= 11 is 1.65. The molecule has 0 atom stereocenters. The molecule has 0 bridgehead atoms. The van der Waals surface area contributed by atoms with Gasteiger partial charge in [-0.05, 0) is 11.1 Å². The van der Waals surface area contributed by atoms with Crippen LogP contribution in [0.15, 0.2) is 60.0 Å². The van der Waals surface area contributed by atoms with Gasteiger partial charge in [-0.1, -0.05) is 54.6 Å². The molecule has 0 spiro atoms.